The summed E-state index contributed by atoms with van der Waals surface area (Å²) >= 11 is 0. The van der Waals surface area contributed by atoms with Gasteiger partial charge in [-0.25, -0.2) is 4.98 Å². The number of aromatic amines is 1. The van der Waals surface area contributed by atoms with E-state index in [4.69, 9.17) is 0 Å². The number of hydrogen-bond donors (Lipinski definition) is 2. The molecule has 0 amide bonds. The Balaban J connectivity index is 1.43. The predicted molar refractivity (Wildman–Crippen MR) is 78.2 cm³/mol. The molecule has 0 spiro atoms. The first kappa shape index (κ1) is 12.7. The molecule has 0 saturated heterocycles. The van der Waals surface area contributed by atoms with Gasteiger partial charge in [-0.1, -0.05) is 12.1 Å². The van der Waals surface area contributed by atoms with Crippen molar-refractivity contribution < 1.29 is 0 Å². The molecule has 0 aliphatic rings. The van der Waals surface area contributed by atoms with Gasteiger partial charge in [0.15, 0.2) is 0 Å². The second-order valence-electron chi connectivity index (χ2n) is 4.68. The first-order chi connectivity index (χ1) is 9.92. The van der Waals surface area contributed by atoms with Crippen molar-refractivity contribution in [2.24, 2.45) is 0 Å². The van der Waals surface area contributed by atoms with Gasteiger partial charge in [0.05, 0.1) is 16.7 Å². The molecule has 0 aliphatic carbocycles. The van der Waals surface area contributed by atoms with Gasteiger partial charge in [0.25, 0.3) is 0 Å². The Morgan fingerprint density at radius 2 is 2.10 bits per heavy atom. The van der Waals surface area contributed by atoms with E-state index in [9.17, 15) is 0 Å². The van der Waals surface area contributed by atoms with E-state index in [0.717, 1.165) is 48.5 Å². The number of benzene rings is 1. The van der Waals surface area contributed by atoms with E-state index in [-0.39, 0.29) is 0 Å². The Morgan fingerprint density at radius 1 is 1.15 bits per heavy atom. The number of nitrogens with zero attached hydrogens (tertiary/aromatic N) is 3. The highest BCUT2D eigenvalue weighted by atomic mass is 14.9. The molecule has 2 N–H and O–H groups in total. The first-order valence-corrected chi connectivity index (χ1v) is 6.81. The fourth-order valence-electron chi connectivity index (χ4n) is 2.14. The van der Waals surface area contributed by atoms with Crippen LogP contribution in [0, 0.1) is 0 Å². The Bertz CT molecular complexity index is 629. The molecular formula is C15H17N5. The van der Waals surface area contributed by atoms with Crippen LogP contribution >= 0.6 is 0 Å². The minimum Gasteiger partial charge on any atom is -0.342 e. The molecule has 102 valence electrons. The molecule has 0 bridgehead atoms. The zero-order chi connectivity index (χ0) is 13.6. The molecule has 0 unspecified atom stereocenters. The van der Waals surface area contributed by atoms with Crippen LogP contribution in [0.4, 0.5) is 0 Å². The largest absolute Gasteiger partial charge is 0.342 e. The summed E-state index contributed by atoms with van der Waals surface area (Å²) in [5.41, 5.74) is 3.11. The molecule has 0 atom stereocenters. The molecule has 0 fully saturated rings. The number of fused-ring (bicyclic) bond motifs is 1. The summed E-state index contributed by atoms with van der Waals surface area (Å²) in [6.45, 7) is 1.70. The number of nitrogens with one attached hydrogen (secondary N) is 2. The molecule has 20 heavy (non-hydrogen) atoms. The molecule has 1 aromatic carbocycles. The summed E-state index contributed by atoms with van der Waals surface area (Å²) in [7, 11) is 0. The van der Waals surface area contributed by atoms with Crippen molar-refractivity contribution in [3.05, 3.63) is 54.4 Å². The van der Waals surface area contributed by atoms with Crippen LogP contribution in [-0.2, 0) is 13.0 Å². The highest BCUT2D eigenvalue weighted by Gasteiger charge is 2.01. The maximum atomic E-state index is 4.56. The zero-order valence-corrected chi connectivity index (χ0v) is 11.2. The van der Waals surface area contributed by atoms with Crippen LogP contribution in [0.15, 0.2) is 42.9 Å². The summed E-state index contributed by atoms with van der Waals surface area (Å²) in [5.74, 6) is 1.05. The highest BCUT2D eigenvalue weighted by molar-refractivity contribution is 5.74. The van der Waals surface area contributed by atoms with Crippen molar-refractivity contribution in [1.29, 1.82) is 0 Å². The maximum absolute atomic E-state index is 4.56. The molecule has 2 heterocycles. The van der Waals surface area contributed by atoms with Crippen LogP contribution in [0.5, 0.6) is 0 Å². The number of para-hydroxylation sites is 2. The quantitative estimate of drug-likeness (QED) is 0.671. The standard InChI is InChI=1S/C15H17N5/c1-2-5-14-13(4-1)19-15(20-14)6-3-7-16-10-12-11-17-8-9-18-12/h1-2,4-5,8-9,11,16H,3,6-7,10H2,(H,19,20). The number of imidazole rings is 1. The van der Waals surface area contributed by atoms with Crippen LogP contribution in [0.1, 0.15) is 17.9 Å². The second-order valence-corrected chi connectivity index (χ2v) is 4.68. The first-order valence-electron chi connectivity index (χ1n) is 6.81. The van der Waals surface area contributed by atoms with Gasteiger partial charge in [-0.15, -0.1) is 0 Å². The summed E-state index contributed by atoms with van der Waals surface area (Å²) < 4.78 is 0. The monoisotopic (exact) mass is 267 g/mol. The van der Waals surface area contributed by atoms with Crippen molar-refractivity contribution in [3.8, 4) is 0 Å². The third-order valence-corrected chi connectivity index (χ3v) is 3.13. The molecule has 3 aromatic rings. The minimum absolute atomic E-state index is 0.758. The van der Waals surface area contributed by atoms with E-state index in [1.165, 1.54) is 0 Å². The fourth-order valence-corrected chi connectivity index (χ4v) is 2.14. The average molecular weight is 267 g/mol. The third-order valence-electron chi connectivity index (χ3n) is 3.13. The molecule has 5 nitrogen and oxygen atoms in total. The van der Waals surface area contributed by atoms with Crippen LogP contribution in [0.2, 0.25) is 0 Å². The number of hydrogen-bond acceptors (Lipinski definition) is 4. The molecule has 2 aromatic heterocycles. The van der Waals surface area contributed by atoms with E-state index in [2.05, 4.69) is 31.3 Å². The van der Waals surface area contributed by atoms with Gasteiger partial charge < -0.3 is 10.3 Å². The molecule has 0 radical (unpaired) electrons. The van der Waals surface area contributed by atoms with Gasteiger partial charge in [-0.2, -0.15) is 0 Å². The van der Waals surface area contributed by atoms with Crippen molar-refractivity contribution in [2.45, 2.75) is 19.4 Å². The topological polar surface area (TPSA) is 66.5 Å². The number of rotatable bonds is 6. The summed E-state index contributed by atoms with van der Waals surface area (Å²) in [5, 5.41) is 3.36. The Kier molecular flexibility index (Phi) is 3.99. The van der Waals surface area contributed by atoms with E-state index in [1.54, 1.807) is 18.6 Å². The van der Waals surface area contributed by atoms with Crippen LogP contribution in [-0.4, -0.2) is 26.5 Å². The number of aryl methyl sites for hydroxylation is 1. The van der Waals surface area contributed by atoms with Gasteiger partial charge in [0, 0.05) is 31.6 Å². The van der Waals surface area contributed by atoms with Gasteiger partial charge >= 0.3 is 0 Å². The summed E-state index contributed by atoms with van der Waals surface area (Å²) in [4.78, 5) is 16.2. The molecule has 5 heteroatoms. The Hall–Kier alpha value is -2.27. The van der Waals surface area contributed by atoms with Crippen molar-refractivity contribution in [3.63, 3.8) is 0 Å². The summed E-state index contributed by atoms with van der Waals surface area (Å²) in [6.07, 6.45) is 7.17. The van der Waals surface area contributed by atoms with Gasteiger partial charge in [0.2, 0.25) is 0 Å². The lowest BCUT2D eigenvalue weighted by Crippen LogP contribution is -2.16. The van der Waals surface area contributed by atoms with Crippen molar-refractivity contribution in [1.82, 2.24) is 25.3 Å². The van der Waals surface area contributed by atoms with E-state index in [0.29, 0.717) is 0 Å². The van der Waals surface area contributed by atoms with Gasteiger partial charge in [-0.05, 0) is 25.1 Å². The molecule has 0 aliphatic heterocycles. The number of aromatic nitrogens is 4. The van der Waals surface area contributed by atoms with Crippen LogP contribution in [0.25, 0.3) is 11.0 Å². The normalized spacial score (nSPS) is 11.0. The minimum atomic E-state index is 0.758. The van der Waals surface area contributed by atoms with Gasteiger partial charge in [0.1, 0.15) is 5.82 Å². The van der Waals surface area contributed by atoms with E-state index in [1.807, 2.05) is 18.2 Å². The Labute approximate surface area is 117 Å². The average Bonchev–Trinajstić information content (AvgIpc) is 2.90. The fraction of sp³-hybridized carbons (Fsp3) is 0.267. The predicted octanol–water partition coefficient (Wildman–Crippen LogP) is 2.08. The van der Waals surface area contributed by atoms with E-state index >= 15 is 0 Å². The van der Waals surface area contributed by atoms with Gasteiger partial charge in [-0.3, -0.25) is 9.97 Å². The lowest BCUT2D eigenvalue weighted by molar-refractivity contribution is 0.632. The zero-order valence-electron chi connectivity index (χ0n) is 11.2. The van der Waals surface area contributed by atoms with Crippen LogP contribution in [0.3, 0.4) is 0 Å². The summed E-state index contributed by atoms with van der Waals surface area (Å²) in [6, 6.07) is 8.11. The SMILES string of the molecule is c1ccc2[nH]c(CCCNCc3cnccn3)nc2c1. The lowest BCUT2D eigenvalue weighted by atomic mass is 10.3. The maximum Gasteiger partial charge on any atom is 0.107 e. The molecule has 3 rings (SSSR count). The Morgan fingerprint density at radius 3 is 2.95 bits per heavy atom. The third kappa shape index (κ3) is 3.19. The number of H-pyrrole nitrogens is 1. The second kappa shape index (κ2) is 6.25. The lowest BCUT2D eigenvalue weighted by Gasteiger charge is -2.02. The van der Waals surface area contributed by atoms with Crippen LogP contribution < -0.4 is 5.32 Å². The van der Waals surface area contributed by atoms with E-state index < -0.39 is 0 Å². The smallest absolute Gasteiger partial charge is 0.107 e. The van der Waals surface area contributed by atoms with Crippen molar-refractivity contribution in [2.75, 3.05) is 6.54 Å². The molecular weight excluding hydrogens is 250 g/mol. The highest BCUT2D eigenvalue weighted by Crippen LogP contribution is 2.11. The van der Waals surface area contributed by atoms with Crippen molar-refractivity contribution >= 4 is 11.0 Å². The molecule has 0 saturated carbocycles.